The Morgan fingerprint density at radius 2 is 1.07 bits per heavy atom. The van der Waals surface area contributed by atoms with Crippen molar-refractivity contribution >= 4 is 29.1 Å². The summed E-state index contributed by atoms with van der Waals surface area (Å²) in [7, 11) is -1.89. The lowest BCUT2D eigenvalue weighted by molar-refractivity contribution is -0.136. The van der Waals surface area contributed by atoms with Crippen LogP contribution in [0.3, 0.4) is 0 Å². The Hall–Kier alpha value is -2.22. The van der Waals surface area contributed by atoms with E-state index in [2.05, 4.69) is 72.8 Å². The molecular formula is C23H22BrO2P. The quantitative estimate of drug-likeness (QED) is 0.439. The van der Waals surface area contributed by atoms with Crippen molar-refractivity contribution in [1.82, 2.24) is 0 Å². The van der Waals surface area contributed by atoms with Crippen molar-refractivity contribution in [2.75, 3.05) is 6.16 Å². The topological polar surface area (TPSA) is 37.3 Å². The Bertz CT molecular complexity index is 768. The van der Waals surface area contributed by atoms with Gasteiger partial charge in [0.1, 0.15) is 23.2 Å². The molecule has 138 valence electrons. The molecule has 0 aromatic heterocycles. The summed E-state index contributed by atoms with van der Waals surface area (Å²) in [6.07, 6.45) is 4.66. The molecule has 4 heteroatoms. The fraction of sp³-hybridized carbons (Fsp3) is 0.0870. The minimum absolute atomic E-state index is 0. The molecule has 0 fully saturated rings. The average Bonchev–Trinajstić information content (AvgIpc) is 2.70. The Kier molecular flexibility index (Phi) is 7.97. The van der Waals surface area contributed by atoms with Crippen LogP contribution in [0.4, 0.5) is 0 Å². The van der Waals surface area contributed by atoms with E-state index in [1.807, 2.05) is 24.3 Å². The number of halogens is 1. The Balaban J connectivity index is 0.00000261. The molecule has 0 aliphatic rings. The van der Waals surface area contributed by atoms with Crippen LogP contribution in [0.5, 0.6) is 0 Å². The summed E-state index contributed by atoms with van der Waals surface area (Å²) in [6, 6.07) is 31.7. The van der Waals surface area contributed by atoms with Crippen molar-refractivity contribution in [2.45, 2.75) is 6.42 Å². The highest BCUT2D eigenvalue weighted by Crippen LogP contribution is 2.55. The van der Waals surface area contributed by atoms with Crippen LogP contribution >= 0.6 is 7.26 Å². The monoisotopic (exact) mass is 440 g/mol. The molecule has 0 amide bonds. The molecule has 0 saturated heterocycles. The lowest BCUT2D eigenvalue weighted by atomic mass is 10.3. The zero-order valence-electron chi connectivity index (χ0n) is 14.9. The van der Waals surface area contributed by atoms with Gasteiger partial charge in [-0.05, 0) is 42.5 Å². The molecule has 0 atom stereocenters. The van der Waals surface area contributed by atoms with Gasteiger partial charge in [0.05, 0.1) is 12.6 Å². The predicted molar refractivity (Wildman–Crippen MR) is 111 cm³/mol. The third-order valence-electron chi connectivity index (χ3n) is 4.43. The maximum Gasteiger partial charge on any atom is 0.307 e. The number of hydrogen-bond acceptors (Lipinski definition) is 1. The molecule has 0 aliphatic carbocycles. The first-order chi connectivity index (χ1) is 12.7. The van der Waals surface area contributed by atoms with E-state index in [1.54, 1.807) is 6.08 Å². The fourth-order valence-corrected chi connectivity index (χ4v) is 7.26. The van der Waals surface area contributed by atoms with E-state index in [0.717, 1.165) is 6.16 Å². The minimum atomic E-state index is -1.89. The molecule has 2 nitrogen and oxygen atoms in total. The van der Waals surface area contributed by atoms with Gasteiger partial charge in [0, 0.05) is 0 Å². The summed E-state index contributed by atoms with van der Waals surface area (Å²) in [5, 5.41) is 12.9. The van der Waals surface area contributed by atoms with Crippen LogP contribution in [0, 0.1) is 0 Å². The molecule has 3 aromatic rings. The molecular weight excluding hydrogens is 419 g/mol. The van der Waals surface area contributed by atoms with Gasteiger partial charge in [0.15, 0.2) is 0 Å². The Labute approximate surface area is 171 Å². The smallest absolute Gasteiger partial charge is 0.307 e. The first-order valence-corrected chi connectivity index (χ1v) is 10.6. The molecule has 0 radical (unpaired) electrons. The van der Waals surface area contributed by atoms with Gasteiger partial charge in [0.25, 0.3) is 0 Å². The standard InChI is InChI=1S/C23H21O2P.BrH/c24-23(25)18-10-11-19-26(20-12-4-1-5-13-20,21-14-6-2-7-15-21)22-16-8-3-9-17-22;/h1-17H,18-19H2;1H/b11-10+;. The molecule has 0 unspecified atom stereocenters. The number of allylic oxidation sites excluding steroid dienone is 1. The molecule has 27 heavy (non-hydrogen) atoms. The maximum absolute atomic E-state index is 10.9. The highest BCUT2D eigenvalue weighted by atomic mass is 79.9. The van der Waals surface area contributed by atoms with E-state index >= 15 is 0 Å². The van der Waals surface area contributed by atoms with E-state index < -0.39 is 13.2 Å². The van der Waals surface area contributed by atoms with Crippen molar-refractivity contribution < 1.29 is 26.9 Å². The zero-order chi connectivity index (χ0) is 18.2. The first-order valence-electron chi connectivity index (χ1n) is 8.65. The highest BCUT2D eigenvalue weighted by Gasteiger charge is 2.43. The van der Waals surface area contributed by atoms with Crippen LogP contribution in [0.15, 0.2) is 103 Å². The second-order valence-corrected chi connectivity index (χ2v) is 9.60. The number of hydrogen-bond donors (Lipinski definition) is 1. The van der Waals surface area contributed by atoms with Gasteiger partial charge < -0.3 is 22.1 Å². The maximum atomic E-state index is 10.9. The molecule has 0 spiro atoms. The van der Waals surface area contributed by atoms with E-state index in [4.69, 9.17) is 5.11 Å². The van der Waals surface area contributed by atoms with E-state index in [-0.39, 0.29) is 23.4 Å². The van der Waals surface area contributed by atoms with Crippen LogP contribution in [0.25, 0.3) is 0 Å². The van der Waals surface area contributed by atoms with Gasteiger partial charge in [-0.25, -0.2) is 0 Å². The summed E-state index contributed by atoms with van der Waals surface area (Å²) in [5.41, 5.74) is 0. The van der Waals surface area contributed by atoms with Crippen LogP contribution < -0.4 is 32.9 Å². The van der Waals surface area contributed by atoms with Gasteiger partial charge in [0.2, 0.25) is 0 Å². The first kappa shape index (κ1) is 21.1. The van der Waals surface area contributed by atoms with E-state index in [0.29, 0.717) is 0 Å². The van der Waals surface area contributed by atoms with Gasteiger partial charge in [-0.2, -0.15) is 0 Å². The van der Waals surface area contributed by atoms with Crippen LogP contribution in [-0.4, -0.2) is 17.2 Å². The summed E-state index contributed by atoms with van der Waals surface area (Å²) < 4.78 is 0. The van der Waals surface area contributed by atoms with Crippen molar-refractivity contribution in [3.63, 3.8) is 0 Å². The summed E-state index contributed by atoms with van der Waals surface area (Å²) in [4.78, 5) is 10.9. The molecule has 0 bridgehead atoms. The zero-order valence-corrected chi connectivity index (χ0v) is 17.4. The highest BCUT2D eigenvalue weighted by molar-refractivity contribution is 7.95. The van der Waals surface area contributed by atoms with Crippen molar-refractivity contribution in [3.8, 4) is 0 Å². The number of benzene rings is 3. The number of carbonyl (C=O) groups is 1. The van der Waals surface area contributed by atoms with Gasteiger partial charge in [-0.1, -0.05) is 60.7 Å². The number of rotatable bonds is 7. The fourth-order valence-electron chi connectivity index (χ4n) is 3.23. The average molecular weight is 441 g/mol. The molecule has 1 N–H and O–H groups in total. The summed E-state index contributed by atoms with van der Waals surface area (Å²) >= 11 is 0. The number of aliphatic carboxylic acids is 1. The van der Waals surface area contributed by atoms with Gasteiger partial charge in [-0.3, -0.25) is 4.79 Å². The molecule has 3 aromatic carbocycles. The number of carboxylic acids is 1. The predicted octanol–water partition coefficient (Wildman–Crippen LogP) is 1.02. The lowest BCUT2D eigenvalue weighted by Crippen LogP contribution is -3.00. The Morgan fingerprint density at radius 3 is 1.41 bits per heavy atom. The lowest BCUT2D eigenvalue weighted by Gasteiger charge is -2.26. The van der Waals surface area contributed by atoms with Crippen LogP contribution in [-0.2, 0) is 4.79 Å². The van der Waals surface area contributed by atoms with Gasteiger partial charge in [-0.15, -0.1) is 0 Å². The van der Waals surface area contributed by atoms with Crippen LogP contribution in [0.1, 0.15) is 6.42 Å². The molecule has 3 rings (SSSR count). The Morgan fingerprint density at radius 1 is 0.704 bits per heavy atom. The van der Waals surface area contributed by atoms with E-state index in [9.17, 15) is 4.79 Å². The number of carboxylic acid groups (broad SMARTS) is 1. The summed E-state index contributed by atoms with van der Waals surface area (Å²) in [5.74, 6) is -0.802. The molecule has 0 saturated carbocycles. The SMILES string of the molecule is O=C(O)C/C=C/C[P+](c1ccccc1)(c1ccccc1)c1ccccc1.[Br-]. The second kappa shape index (κ2) is 10.2. The van der Waals surface area contributed by atoms with Crippen molar-refractivity contribution in [1.29, 1.82) is 0 Å². The largest absolute Gasteiger partial charge is 1.00 e. The second-order valence-electron chi connectivity index (χ2n) is 6.07. The van der Waals surface area contributed by atoms with Crippen LogP contribution in [0.2, 0.25) is 0 Å². The van der Waals surface area contributed by atoms with Crippen molar-refractivity contribution in [3.05, 3.63) is 103 Å². The van der Waals surface area contributed by atoms with Crippen molar-refractivity contribution in [2.24, 2.45) is 0 Å². The normalized spacial score (nSPS) is 11.1. The molecule has 0 heterocycles. The third kappa shape index (κ3) is 4.94. The minimum Gasteiger partial charge on any atom is -1.00 e. The summed E-state index contributed by atoms with van der Waals surface area (Å²) in [6.45, 7) is 0. The molecule has 0 aliphatic heterocycles. The van der Waals surface area contributed by atoms with Gasteiger partial charge >= 0.3 is 5.97 Å². The van der Waals surface area contributed by atoms with E-state index in [1.165, 1.54) is 15.9 Å². The third-order valence-corrected chi connectivity index (χ3v) is 8.73.